The molecule has 0 aliphatic carbocycles. The van der Waals surface area contributed by atoms with Crippen LogP contribution in [0.1, 0.15) is 16.7 Å². The van der Waals surface area contributed by atoms with Crippen molar-refractivity contribution in [1.29, 1.82) is 0 Å². The lowest BCUT2D eigenvalue weighted by Gasteiger charge is -2.33. The van der Waals surface area contributed by atoms with Gasteiger partial charge in [-0.05, 0) is 44.0 Å². The largest absolute Gasteiger partial charge is 0.324 e. The van der Waals surface area contributed by atoms with Gasteiger partial charge < -0.3 is 5.32 Å². The fraction of sp³-hybridized carbons (Fsp3) is 0.421. The highest BCUT2D eigenvalue weighted by molar-refractivity contribution is 7.91. The Morgan fingerprint density at radius 2 is 1.71 bits per heavy atom. The molecule has 152 valence electrons. The first kappa shape index (κ1) is 21.3. The van der Waals surface area contributed by atoms with Crippen LogP contribution in [0.4, 0.5) is 5.69 Å². The molecule has 0 saturated carbocycles. The molecule has 0 spiro atoms. The van der Waals surface area contributed by atoms with Gasteiger partial charge in [0.05, 0.1) is 10.9 Å². The van der Waals surface area contributed by atoms with E-state index in [1.165, 1.54) is 10.4 Å². The smallest absolute Gasteiger partial charge is 0.252 e. The lowest BCUT2D eigenvalue weighted by molar-refractivity contribution is -0.117. The molecule has 1 fully saturated rings. The summed E-state index contributed by atoms with van der Waals surface area (Å²) >= 11 is 6.93. The van der Waals surface area contributed by atoms with Crippen molar-refractivity contribution in [2.45, 2.75) is 25.0 Å². The number of benzene rings is 1. The third-order valence-corrected chi connectivity index (χ3v) is 8.38. The molecule has 28 heavy (non-hydrogen) atoms. The molecule has 1 aromatic heterocycles. The van der Waals surface area contributed by atoms with Gasteiger partial charge in [0.15, 0.2) is 0 Å². The van der Waals surface area contributed by atoms with Crippen molar-refractivity contribution < 1.29 is 13.2 Å². The fourth-order valence-electron chi connectivity index (χ4n) is 3.45. The van der Waals surface area contributed by atoms with E-state index >= 15 is 0 Å². The summed E-state index contributed by atoms with van der Waals surface area (Å²) in [5.74, 6) is -0.0867. The van der Waals surface area contributed by atoms with Gasteiger partial charge in [0, 0.05) is 31.9 Å². The number of carbonyl (C=O) groups is 1. The van der Waals surface area contributed by atoms with Crippen LogP contribution in [-0.2, 0) is 14.8 Å². The quantitative estimate of drug-likeness (QED) is 0.773. The van der Waals surface area contributed by atoms with Crippen molar-refractivity contribution in [3.63, 3.8) is 0 Å². The minimum Gasteiger partial charge on any atom is -0.324 e. The highest BCUT2D eigenvalue weighted by atomic mass is 35.5. The summed E-state index contributed by atoms with van der Waals surface area (Å²) in [4.78, 5) is 14.4. The van der Waals surface area contributed by atoms with Crippen LogP contribution in [-0.4, -0.2) is 56.3 Å². The monoisotopic (exact) mass is 441 g/mol. The maximum atomic E-state index is 12.7. The number of piperazine rings is 1. The average molecular weight is 442 g/mol. The zero-order valence-corrected chi connectivity index (χ0v) is 18.5. The van der Waals surface area contributed by atoms with Crippen LogP contribution >= 0.6 is 22.9 Å². The van der Waals surface area contributed by atoms with Crippen molar-refractivity contribution in [1.82, 2.24) is 9.21 Å². The second kappa shape index (κ2) is 8.51. The Morgan fingerprint density at radius 1 is 1.11 bits per heavy atom. The first-order valence-electron chi connectivity index (χ1n) is 9.02. The second-order valence-corrected chi connectivity index (χ2v) is 10.9. The number of sulfonamides is 1. The van der Waals surface area contributed by atoms with E-state index in [0.29, 0.717) is 30.5 Å². The predicted octanol–water partition coefficient (Wildman–Crippen LogP) is 3.27. The van der Waals surface area contributed by atoms with Crippen LogP contribution in [0.3, 0.4) is 0 Å². The molecule has 1 amide bonds. The highest BCUT2D eigenvalue weighted by Crippen LogP contribution is 2.28. The topological polar surface area (TPSA) is 69.7 Å². The minimum atomic E-state index is -3.52. The normalized spacial score (nSPS) is 16.3. The lowest BCUT2D eigenvalue weighted by Crippen LogP contribution is -2.50. The van der Waals surface area contributed by atoms with Crippen LogP contribution in [0.15, 0.2) is 28.5 Å². The van der Waals surface area contributed by atoms with Gasteiger partial charge in [0.1, 0.15) is 4.21 Å². The zero-order chi connectivity index (χ0) is 20.5. The summed E-state index contributed by atoms with van der Waals surface area (Å²) in [6, 6.07) is 7.22. The molecule has 6 nitrogen and oxygen atoms in total. The van der Waals surface area contributed by atoms with Crippen LogP contribution in [0.25, 0.3) is 0 Å². The number of thiophene rings is 1. The molecule has 1 N–H and O–H groups in total. The van der Waals surface area contributed by atoms with E-state index in [9.17, 15) is 13.2 Å². The Balaban J connectivity index is 1.56. The van der Waals surface area contributed by atoms with Crippen LogP contribution < -0.4 is 5.32 Å². The molecule has 2 aromatic rings. The summed E-state index contributed by atoms with van der Waals surface area (Å²) < 4.78 is 27.5. The van der Waals surface area contributed by atoms with E-state index in [4.69, 9.17) is 11.6 Å². The molecule has 0 radical (unpaired) electrons. The zero-order valence-electron chi connectivity index (χ0n) is 16.2. The van der Waals surface area contributed by atoms with Crippen LogP contribution in [0.5, 0.6) is 0 Å². The summed E-state index contributed by atoms with van der Waals surface area (Å²) in [5, 5.41) is 3.00. The van der Waals surface area contributed by atoms with Gasteiger partial charge in [-0.15, -0.1) is 11.3 Å². The molecular formula is C19H24ClN3O3S2. The number of carbonyl (C=O) groups excluding carboxylic acids is 1. The first-order valence-corrected chi connectivity index (χ1v) is 11.7. The molecule has 0 bridgehead atoms. The number of halogens is 1. The maximum Gasteiger partial charge on any atom is 0.252 e. The maximum absolute atomic E-state index is 12.7. The Kier molecular flexibility index (Phi) is 6.46. The van der Waals surface area contributed by atoms with Gasteiger partial charge >= 0.3 is 0 Å². The van der Waals surface area contributed by atoms with Gasteiger partial charge in [0.25, 0.3) is 10.0 Å². The van der Waals surface area contributed by atoms with Crippen molar-refractivity contribution in [2.75, 3.05) is 38.0 Å². The van der Waals surface area contributed by atoms with E-state index < -0.39 is 10.0 Å². The SMILES string of the molecule is Cc1cc(C)c(NC(=O)CN2CCN(S(=O)(=O)c3ccc(Cl)s3)CC2)c(C)c1. The second-order valence-electron chi connectivity index (χ2n) is 7.06. The summed E-state index contributed by atoms with van der Waals surface area (Å²) in [5.41, 5.74) is 4.09. The molecular weight excluding hydrogens is 418 g/mol. The number of hydrogen-bond acceptors (Lipinski definition) is 5. The van der Waals surface area contributed by atoms with E-state index in [1.807, 2.05) is 37.8 Å². The van der Waals surface area contributed by atoms with Crippen molar-refractivity contribution in [2.24, 2.45) is 0 Å². The van der Waals surface area contributed by atoms with Gasteiger partial charge in [-0.2, -0.15) is 4.31 Å². The van der Waals surface area contributed by atoms with Gasteiger partial charge in [-0.3, -0.25) is 9.69 Å². The fourth-order valence-corrected chi connectivity index (χ4v) is 6.51. The van der Waals surface area contributed by atoms with Crippen molar-refractivity contribution in [3.05, 3.63) is 45.3 Å². The Bertz CT molecular complexity index is 957. The highest BCUT2D eigenvalue weighted by Gasteiger charge is 2.30. The molecule has 0 atom stereocenters. The Hall–Kier alpha value is -1.45. The molecule has 1 aromatic carbocycles. The summed E-state index contributed by atoms with van der Waals surface area (Å²) in [6.07, 6.45) is 0. The van der Waals surface area contributed by atoms with Crippen molar-refractivity contribution >= 4 is 44.6 Å². The number of aryl methyl sites for hydroxylation is 3. The third kappa shape index (κ3) is 4.75. The number of amides is 1. The van der Waals surface area contributed by atoms with E-state index in [1.54, 1.807) is 6.07 Å². The number of hydrogen-bond donors (Lipinski definition) is 1. The van der Waals surface area contributed by atoms with Gasteiger partial charge in [-0.25, -0.2) is 8.42 Å². The number of nitrogens with one attached hydrogen (secondary N) is 1. The molecule has 2 heterocycles. The standard InChI is InChI=1S/C19H24ClN3O3S2/c1-13-10-14(2)19(15(3)11-13)21-17(24)12-22-6-8-23(9-7-22)28(25,26)18-5-4-16(20)27-18/h4-5,10-11H,6-9,12H2,1-3H3,(H,21,24). The summed E-state index contributed by atoms with van der Waals surface area (Å²) in [6.45, 7) is 7.97. The lowest BCUT2D eigenvalue weighted by atomic mass is 10.1. The number of rotatable bonds is 5. The van der Waals surface area contributed by atoms with Crippen LogP contribution in [0.2, 0.25) is 4.34 Å². The molecule has 9 heteroatoms. The first-order chi connectivity index (χ1) is 13.2. The number of anilines is 1. The summed E-state index contributed by atoms with van der Waals surface area (Å²) in [7, 11) is -3.52. The molecule has 1 aliphatic heterocycles. The van der Waals surface area contributed by atoms with E-state index in [-0.39, 0.29) is 16.7 Å². The third-order valence-electron chi connectivity index (χ3n) is 4.78. The molecule has 1 saturated heterocycles. The van der Waals surface area contributed by atoms with Gasteiger partial charge in [0.2, 0.25) is 5.91 Å². The van der Waals surface area contributed by atoms with Crippen molar-refractivity contribution in [3.8, 4) is 0 Å². The van der Waals surface area contributed by atoms with E-state index in [0.717, 1.165) is 33.7 Å². The molecule has 3 rings (SSSR count). The van der Waals surface area contributed by atoms with Crippen LogP contribution in [0, 0.1) is 20.8 Å². The predicted molar refractivity (Wildman–Crippen MR) is 114 cm³/mol. The molecule has 0 unspecified atom stereocenters. The number of nitrogens with zero attached hydrogens (tertiary/aromatic N) is 2. The van der Waals surface area contributed by atoms with Gasteiger partial charge in [-0.1, -0.05) is 29.3 Å². The Morgan fingerprint density at radius 3 is 2.25 bits per heavy atom. The van der Waals surface area contributed by atoms with E-state index in [2.05, 4.69) is 5.32 Å². The Labute approximate surface area is 175 Å². The average Bonchev–Trinajstić information content (AvgIpc) is 3.06. The minimum absolute atomic E-state index is 0.0867. The molecule has 1 aliphatic rings.